The van der Waals surface area contributed by atoms with E-state index in [1.807, 2.05) is 106 Å². The molecule has 408 valence electrons. The number of carbonyl (C=O) groups is 5. The zero-order chi connectivity index (χ0) is 54.4. The quantitative estimate of drug-likeness (QED) is 0.0659. The highest BCUT2D eigenvalue weighted by Crippen LogP contribution is 2.44. The number of hydrogen-bond donors (Lipinski definition) is 4. The van der Waals surface area contributed by atoms with Gasteiger partial charge in [-0.15, -0.1) is 0 Å². The van der Waals surface area contributed by atoms with Gasteiger partial charge in [-0.3, -0.25) is 43.6 Å². The Morgan fingerprint density at radius 2 is 1.05 bits per heavy atom. The number of ether oxygens (including phenoxy) is 4. The van der Waals surface area contributed by atoms with Gasteiger partial charge in [-0.2, -0.15) is 0 Å². The predicted octanol–water partition coefficient (Wildman–Crippen LogP) is 5.56. The number of aliphatic hydroxyl groups is 1. The maximum atomic E-state index is 14.1. The van der Waals surface area contributed by atoms with Crippen LogP contribution in [0.3, 0.4) is 0 Å². The van der Waals surface area contributed by atoms with Crippen molar-refractivity contribution in [1.29, 1.82) is 0 Å². The average molecular weight is 1030 g/mol. The minimum Gasteiger partial charge on any atom is -0.459 e. The van der Waals surface area contributed by atoms with Crippen LogP contribution in [0, 0.1) is 0 Å². The average Bonchev–Trinajstić information content (AvgIpc) is 3.59. The van der Waals surface area contributed by atoms with Gasteiger partial charge in [0.05, 0.1) is 32.2 Å². The fraction of sp³-hybridized carbons (Fsp3) is 0.596. The van der Waals surface area contributed by atoms with Gasteiger partial charge in [0.15, 0.2) is 0 Å². The van der Waals surface area contributed by atoms with Crippen LogP contribution in [0.1, 0.15) is 112 Å². The molecule has 0 radical (unpaired) electrons. The monoisotopic (exact) mass is 1030 g/mol. The summed E-state index contributed by atoms with van der Waals surface area (Å²) in [6.45, 7) is 22.0. The lowest BCUT2D eigenvalue weighted by Gasteiger charge is -2.38. The highest BCUT2D eigenvalue weighted by atomic mass is 16.7. The third-order valence-electron chi connectivity index (χ3n) is 12.4. The van der Waals surface area contributed by atoms with Gasteiger partial charge in [0.2, 0.25) is 11.7 Å². The number of fused-ring (bicyclic) bond motifs is 3. The summed E-state index contributed by atoms with van der Waals surface area (Å²) >= 11 is 0. The molecule has 3 aromatic rings. The van der Waals surface area contributed by atoms with Crippen LogP contribution in [-0.2, 0) is 49.3 Å². The Hall–Kier alpha value is -5.27. The van der Waals surface area contributed by atoms with Crippen LogP contribution in [-0.4, -0.2) is 174 Å². The van der Waals surface area contributed by atoms with Gasteiger partial charge in [-0.25, -0.2) is 0 Å². The van der Waals surface area contributed by atoms with Gasteiger partial charge in [0.25, 0.3) is 0 Å². The van der Waals surface area contributed by atoms with Crippen molar-refractivity contribution in [3.8, 4) is 11.1 Å². The standard InChI is InChI=1S/C57H85N7O10/c1-54(2,3)71-49(65)36-61-27-28-62(37-50(66)72-55(4,5)6)31-32-64(39-52(68)73-56(7,8)9)42(35-63(30-29-61)38-51(67)74-57(10,11)70)33-40-22-24-41(25-23-40)60-53(69)48(21-16-26-58)59-34-47-45-19-14-12-17-43(45)44-18-13-15-20-46(44)47/h12-15,17-20,22-25,42,47-48,59,70H,16,21,26-39,58H2,1-11H3,(H,60,69)/t42?,48-/m0/s1. The number of esters is 4. The molecule has 0 saturated carbocycles. The highest BCUT2D eigenvalue weighted by Gasteiger charge is 2.33. The molecular weight excluding hydrogens is 943 g/mol. The molecule has 5 N–H and O–H groups in total. The van der Waals surface area contributed by atoms with E-state index >= 15 is 0 Å². The number of amides is 1. The number of nitrogens with one attached hydrogen (secondary N) is 2. The second kappa shape index (κ2) is 26.5. The van der Waals surface area contributed by atoms with Crippen LogP contribution in [0.5, 0.6) is 0 Å². The zero-order valence-electron chi connectivity index (χ0n) is 46.0. The maximum absolute atomic E-state index is 14.1. The summed E-state index contributed by atoms with van der Waals surface area (Å²) in [5, 5.41) is 17.2. The van der Waals surface area contributed by atoms with Crippen molar-refractivity contribution in [2.75, 3.05) is 90.4 Å². The Bertz CT molecular complexity index is 2290. The molecule has 2 atom stereocenters. The largest absolute Gasteiger partial charge is 0.459 e. The molecule has 0 aromatic heterocycles. The summed E-state index contributed by atoms with van der Waals surface area (Å²) in [6.07, 6.45) is 1.61. The normalized spacial score (nSPS) is 17.5. The van der Waals surface area contributed by atoms with Gasteiger partial charge in [0, 0.05) is 83.9 Å². The van der Waals surface area contributed by atoms with Gasteiger partial charge < -0.3 is 40.4 Å². The van der Waals surface area contributed by atoms with Crippen molar-refractivity contribution in [3.63, 3.8) is 0 Å². The van der Waals surface area contributed by atoms with Crippen LogP contribution >= 0.6 is 0 Å². The lowest BCUT2D eigenvalue weighted by atomic mass is 9.96. The second-order valence-corrected chi connectivity index (χ2v) is 23.1. The van der Waals surface area contributed by atoms with Crippen molar-refractivity contribution < 1.29 is 48.0 Å². The summed E-state index contributed by atoms with van der Waals surface area (Å²) in [4.78, 5) is 75.9. The summed E-state index contributed by atoms with van der Waals surface area (Å²) in [7, 11) is 0. The Balaban J connectivity index is 1.43. The smallest absolute Gasteiger partial charge is 0.322 e. The molecule has 5 rings (SSSR count). The van der Waals surface area contributed by atoms with Crippen molar-refractivity contribution in [1.82, 2.24) is 24.9 Å². The van der Waals surface area contributed by atoms with Crippen LogP contribution in [0.15, 0.2) is 72.8 Å². The van der Waals surface area contributed by atoms with Crippen molar-refractivity contribution in [2.45, 2.75) is 136 Å². The predicted molar refractivity (Wildman–Crippen MR) is 287 cm³/mol. The third kappa shape index (κ3) is 20.5. The van der Waals surface area contributed by atoms with E-state index in [1.165, 1.54) is 36.1 Å². The lowest BCUT2D eigenvalue weighted by molar-refractivity contribution is -0.196. The second-order valence-electron chi connectivity index (χ2n) is 23.1. The number of benzene rings is 3. The minimum absolute atomic E-state index is 0.0321. The number of rotatable bonds is 19. The van der Waals surface area contributed by atoms with E-state index in [1.54, 1.807) is 0 Å². The van der Waals surface area contributed by atoms with Crippen molar-refractivity contribution in [3.05, 3.63) is 89.5 Å². The summed E-state index contributed by atoms with van der Waals surface area (Å²) in [6, 6.07) is 23.5. The molecular formula is C57H85N7O10. The minimum atomic E-state index is -1.72. The molecule has 1 fully saturated rings. The molecule has 1 aliphatic heterocycles. The Morgan fingerprint density at radius 3 is 1.54 bits per heavy atom. The first-order valence-electron chi connectivity index (χ1n) is 26.2. The van der Waals surface area contributed by atoms with E-state index < -0.39 is 58.6 Å². The van der Waals surface area contributed by atoms with E-state index in [4.69, 9.17) is 24.7 Å². The van der Waals surface area contributed by atoms with E-state index in [0.29, 0.717) is 70.8 Å². The first-order chi connectivity index (χ1) is 34.6. The fourth-order valence-electron chi connectivity index (χ4n) is 9.37. The molecule has 2 aliphatic rings. The van der Waals surface area contributed by atoms with Crippen molar-refractivity contribution >= 4 is 35.5 Å². The molecule has 1 saturated heterocycles. The molecule has 1 unspecified atom stereocenters. The van der Waals surface area contributed by atoms with Gasteiger partial charge in [-0.1, -0.05) is 60.7 Å². The summed E-state index contributed by atoms with van der Waals surface area (Å²) in [5.41, 5.74) is 10.2. The van der Waals surface area contributed by atoms with Gasteiger partial charge in [-0.05, 0) is 128 Å². The molecule has 1 aliphatic carbocycles. The van der Waals surface area contributed by atoms with E-state index in [-0.39, 0.29) is 51.1 Å². The van der Waals surface area contributed by atoms with Crippen LogP contribution in [0.2, 0.25) is 0 Å². The number of carbonyl (C=O) groups excluding carboxylic acids is 5. The first-order valence-corrected chi connectivity index (χ1v) is 26.2. The Morgan fingerprint density at radius 1 is 0.608 bits per heavy atom. The van der Waals surface area contributed by atoms with E-state index in [9.17, 15) is 29.1 Å². The topological polar surface area (TPSA) is 206 Å². The number of nitrogens with zero attached hydrogens (tertiary/aromatic N) is 4. The van der Waals surface area contributed by atoms with Crippen LogP contribution in [0.4, 0.5) is 5.69 Å². The molecule has 0 spiro atoms. The molecule has 17 nitrogen and oxygen atoms in total. The van der Waals surface area contributed by atoms with Crippen LogP contribution in [0.25, 0.3) is 11.1 Å². The number of nitrogens with two attached hydrogens (primary N) is 1. The zero-order valence-corrected chi connectivity index (χ0v) is 46.0. The van der Waals surface area contributed by atoms with Crippen LogP contribution < -0.4 is 16.4 Å². The molecule has 1 heterocycles. The fourth-order valence-corrected chi connectivity index (χ4v) is 9.37. The van der Waals surface area contributed by atoms with Gasteiger partial charge in [0.1, 0.15) is 16.8 Å². The third-order valence-corrected chi connectivity index (χ3v) is 12.4. The lowest BCUT2D eigenvalue weighted by Crippen LogP contribution is -2.54. The molecule has 17 heteroatoms. The van der Waals surface area contributed by atoms with E-state index in [2.05, 4.69) is 59.2 Å². The first kappa shape index (κ1) is 59.6. The maximum Gasteiger partial charge on any atom is 0.322 e. The SMILES string of the molecule is CC(C)(C)OC(=O)CN1CCN(CC(=O)OC(C)(C)C)CCN(CC(=O)OC(C)(C)C)C(Cc2ccc(NC(=O)[C@H](CCCN)NCC3c4ccccc4-c4ccccc43)cc2)CN(CC(=O)OC(C)(C)O)CC1. The highest BCUT2D eigenvalue weighted by molar-refractivity contribution is 5.95. The summed E-state index contributed by atoms with van der Waals surface area (Å²) < 4.78 is 22.7. The molecule has 3 aromatic carbocycles. The number of hydrogen-bond acceptors (Lipinski definition) is 16. The molecule has 74 heavy (non-hydrogen) atoms. The molecule has 0 bridgehead atoms. The van der Waals surface area contributed by atoms with Gasteiger partial charge >= 0.3 is 23.9 Å². The van der Waals surface area contributed by atoms with E-state index in [0.717, 1.165) is 5.56 Å². The Kier molecular flexibility index (Phi) is 21.3. The molecule has 1 amide bonds. The summed E-state index contributed by atoms with van der Waals surface area (Å²) in [5.74, 6) is -3.72. The Labute approximate surface area is 439 Å². The van der Waals surface area contributed by atoms with Crippen molar-refractivity contribution in [2.24, 2.45) is 5.73 Å². The number of anilines is 1.